The van der Waals surface area contributed by atoms with Crippen molar-refractivity contribution in [1.29, 1.82) is 0 Å². The van der Waals surface area contributed by atoms with Crippen LogP contribution in [-0.4, -0.2) is 25.8 Å². The number of halogens is 3. The fourth-order valence-corrected chi connectivity index (χ4v) is 2.29. The zero-order chi connectivity index (χ0) is 20.7. The number of carbonyl (C=O) groups excluding carboxylic acids is 1. The number of amides is 1. The number of nitrogens with one attached hydrogen (secondary N) is 2. The molecule has 2 N–H and O–H groups in total. The Labute approximate surface area is 159 Å². The highest BCUT2D eigenvalue weighted by atomic mass is 19.4. The van der Waals surface area contributed by atoms with E-state index in [0.717, 1.165) is 12.1 Å². The molecule has 0 heterocycles. The Morgan fingerprint density at radius 3 is 2.39 bits per heavy atom. The van der Waals surface area contributed by atoms with Gasteiger partial charge >= 0.3 is 6.18 Å². The summed E-state index contributed by atoms with van der Waals surface area (Å²) in [5.74, 6) is -0.536. The lowest BCUT2D eigenvalue weighted by molar-refractivity contribution is -0.137. The summed E-state index contributed by atoms with van der Waals surface area (Å²) in [5.41, 5.74) is 2.72. The van der Waals surface area contributed by atoms with E-state index in [2.05, 4.69) is 22.5 Å². The number of alkyl halides is 3. The first-order valence-corrected chi connectivity index (χ1v) is 8.00. The molecule has 0 fully saturated rings. The van der Waals surface area contributed by atoms with Gasteiger partial charge in [0.25, 0.3) is 5.91 Å². The molecule has 0 bridgehead atoms. The largest absolute Gasteiger partial charge is 0.416 e. The molecule has 0 aromatic heterocycles. The van der Waals surface area contributed by atoms with E-state index in [1.165, 1.54) is 26.3 Å². The van der Waals surface area contributed by atoms with Gasteiger partial charge in [-0.05, 0) is 18.2 Å². The number of likely N-dealkylation sites (N-methyl/N-ethyl adjacent to an activating group) is 1. The molecule has 0 spiro atoms. The fraction of sp³-hybridized carbons (Fsp3) is 0.158. The number of nitrogens with zero attached hydrogens (tertiary/aromatic N) is 1. The van der Waals surface area contributed by atoms with Gasteiger partial charge in [0.2, 0.25) is 0 Å². The number of oxime groups is 1. The van der Waals surface area contributed by atoms with Crippen molar-refractivity contribution in [2.45, 2.75) is 6.18 Å². The molecule has 9 heteroatoms. The first kappa shape index (κ1) is 20.8. The topological polar surface area (TPSA) is 71.9 Å². The highest BCUT2D eigenvalue weighted by Gasteiger charge is 2.30. The molecule has 0 radical (unpaired) electrons. The first-order chi connectivity index (χ1) is 13.3. The third-order valence-corrected chi connectivity index (χ3v) is 3.59. The molecule has 0 unspecified atom stereocenters. The van der Waals surface area contributed by atoms with E-state index in [9.17, 15) is 18.0 Å². The quantitative estimate of drug-likeness (QED) is 0.559. The van der Waals surface area contributed by atoms with E-state index >= 15 is 0 Å². The minimum absolute atomic E-state index is 0.00242. The van der Waals surface area contributed by atoms with Gasteiger partial charge in [-0.2, -0.15) is 13.2 Å². The summed E-state index contributed by atoms with van der Waals surface area (Å²) in [6.07, 6.45) is -4.48. The lowest BCUT2D eigenvalue weighted by atomic mass is 10.0. The maximum atomic E-state index is 12.8. The minimum atomic E-state index is -4.48. The maximum Gasteiger partial charge on any atom is 0.416 e. The molecule has 28 heavy (non-hydrogen) atoms. The van der Waals surface area contributed by atoms with Crippen LogP contribution in [0.1, 0.15) is 16.7 Å². The van der Waals surface area contributed by atoms with Crippen molar-refractivity contribution in [2.24, 2.45) is 5.16 Å². The average molecular weight is 393 g/mol. The van der Waals surface area contributed by atoms with Crippen LogP contribution >= 0.6 is 0 Å². The van der Waals surface area contributed by atoms with Crippen molar-refractivity contribution >= 4 is 17.3 Å². The standard InChI is InChI=1S/C19H18F3N3O3/c1-12(24-28-14-8-6-7-13(11-14)19(20,21)22)15-9-4-5-10-16(15)17(25-27-3)18(26)23-2/h4-11,24H,1H2,2-3H3,(H,23,26). The normalized spacial score (nSPS) is 11.5. The van der Waals surface area contributed by atoms with E-state index in [0.29, 0.717) is 11.1 Å². The Kier molecular flexibility index (Phi) is 6.64. The lowest BCUT2D eigenvalue weighted by Gasteiger charge is -2.15. The highest BCUT2D eigenvalue weighted by Crippen LogP contribution is 2.31. The van der Waals surface area contributed by atoms with Crippen LogP contribution in [0.2, 0.25) is 0 Å². The monoisotopic (exact) mass is 393 g/mol. The van der Waals surface area contributed by atoms with Crippen LogP contribution in [0.4, 0.5) is 13.2 Å². The smallest absolute Gasteiger partial charge is 0.398 e. The van der Waals surface area contributed by atoms with Crippen molar-refractivity contribution in [3.63, 3.8) is 0 Å². The van der Waals surface area contributed by atoms with Crippen LogP contribution in [0.5, 0.6) is 5.75 Å². The molecule has 0 atom stereocenters. The van der Waals surface area contributed by atoms with Gasteiger partial charge in [-0.3, -0.25) is 4.79 Å². The van der Waals surface area contributed by atoms with Crippen LogP contribution in [0.3, 0.4) is 0 Å². The van der Waals surface area contributed by atoms with Gasteiger partial charge in [-0.1, -0.05) is 42.1 Å². The van der Waals surface area contributed by atoms with Crippen molar-refractivity contribution in [1.82, 2.24) is 10.8 Å². The molecule has 0 aliphatic heterocycles. The predicted molar refractivity (Wildman–Crippen MR) is 98.3 cm³/mol. The van der Waals surface area contributed by atoms with Crippen LogP contribution in [0.15, 0.2) is 60.3 Å². The molecule has 1 amide bonds. The van der Waals surface area contributed by atoms with Gasteiger partial charge in [-0.15, -0.1) is 0 Å². The zero-order valence-corrected chi connectivity index (χ0v) is 15.1. The molecule has 0 aliphatic rings. The Hall–Kier alpha value is -3.49. The predicted octanol–water partition coefficient (Wildman–Crippen LogP) is 3.36. The van der Waals surface area contributed by atoms with Crippen LogP contribution in [-0.2, 0) is 15.8 Å². The summed E-state index contributed by atoms with van der Waals surface area (Å²) in [6.45, 7) is 3.81. The van der Waals surface area contributed by atoms with Gasteiger partial charge in [0, 0.05) is 18.2 Å². The molecule has 6 nitrogen and oxygen atoms in total. The summed E-state index contributed by atoms with van der Waals surface area (Å²) >= 11 is 0. The summed E-state index contributed by atoms with van der Waals surface area (Å²) in [6, 6.07) is 11.0. The summed E-state index contributed by atoms with van der Waals surface area (Å²) < 4.78 is 38.4. The molecular formula is C19H18F3N3O3. The summed E-state index contributed by atoms with van der Waals surface area (Å²) in [5, 5.41) is 6.19. The van der Waals surface area contributed by atoms with E-state index in [-0.39, 0.29) is 17.2 Å². The minimum Gasteiger partial charge on any atom is -0.398 e. The Bertz CT molecular complexity index is 895. The lowest BCUT2D eigenvalue weighted by Crippen LogP contribution is -2.30. The molecule has 0 saturated heterocycles. The number of carbonyl (C=O) groups is 1. The van der Waals surface area contributed by atoms with Crippen molar-refractivity contribution in [3.05, 3.63) is 71.8 Å². The molecule has 0 aliphatic carbocycles. The number of hydrogen-bond donors (Lipinski definition) is 2. The van der Waals surface area contributed by atoms with Gasteiger partial charge in [0.05, 0.1) is 11.3 Å². The third kappa shape index (κ3) is 5.03. The van der Waals surface area contributed by atoms with Gasteiger partial charge in [0.1, 0.15) is 7.11 Å². The third-order valence-electron chi connectivity index (χ3n) is 3.59. The van der Waals surface area contributed by atoms with Gasteiger partial charge < -0.3 is 15.0 Å². The fourth-order valence-electron chi connectivity index (χ4n) is 2.29. The van der Waals surface area contributed by atoms with Crippen LogP contribution in [0, 0.1) is 0 Å². The Morgan fingerprint density at radius 1 is 1.11 bits per heavy atom. The number of hydrogen-bond acceptors (Lipinski definition) is 5. The number of benzene rings is 2. The van der Waals surface area contributed by atoms with E-state index in [1.807, 2.05) is 0 Å². The molecule has 148 valence electrons. The van der Waals surface area contributed by atoms with E-state index in [1.54, 1.807) is 24.3 Å². The second-order valence-corrected chi connectivity index (χ2v) is 5.46. The molecule has 2 aromatic carbocycles. The average Bonchev–Trinajstić information content (AvgIpc) is 2.69. The number of hydroxylamine groups is 1. The van der Waals surface area contributed by atoms with Crippen LogP contribution < -0.4 is 15.6 Å². The van der Waals surface area contributed by atoms with E-state index < -0.39 is 17.6 Å². The first-order valence-electron chi connectivity index (χ1n) is 8.00. The van der Waals surface area contributed by atoms with Crippen molar-refractivity contribution in [3.8, 4) is 5.75 Å². The number of rotatable bonds is 7. The SMILES string of the molecule is C=C(NOc1cccc(C(F)(F)F)c1)c1ccccc1C(=NOC)C(=O)NC. The summed E-state index contributed by atoms with van der Waals surface area (Å²) in [4.78, 5) is 22.0. The molecule has 2 rings (SSSR count). The van der Waals surface area contributed by atoms with Gasteiger partial charge in [0.15, 0.2) is 11.5 Å². The van der Waals surface area contributed by atoms with Crippen molar-refractivity contribution in [2.75, 3.05) is 14.2 Å². The second kappa shape index (κ2) is 8.94. The van der Waals surface area contributed by atoms with Crippen LogP contribution in [0.25, 0.3) is 5.70 Å². The Balaban J connectivity index is 2.24. The summed E-state index contributed by atoms with van der Waals surface area (Å²) in [7, 11) is 2.75. The van der Waals surface area contributed by atoms with Gasteiger partial charge in [-0.25, -0.2) is 5.48 Å². The second-order valence-electron chi connectivity index (χ2n) is 5.46. The van der Waals surface area contributed by atoms with E-state index in [4.69, 9.17) is 9.68 Å². The van der Waals surface area contributed by atoms with Crippen molar-refractivity contribution < 1.29 is 27.6 Å². The Morgan fingerprint density at radius 2 is 1.79 bits per heavy atom. The molecule has 0 saturated carbocycles. The highest BCUT2D eigenvalue weighted by molar-refractivity contribution is 6.45. The zero-order valence-electron chi connectivity index (χ0n) is 15.1. The maximum absolute atomic E-state index is 12.8. The molecule has 2 aromatic rings. The molecular weight excluding hydrogens is 375 g/mol.